The van der Waals surface area contributed by atoms with E-state index < -0.39 is 0 Å². The van der Waals surface area contributed by atoms with Crippen LogP contribution in [0.5, 0.6) is 0 Å². The van der Waals surface area contributed by atoms with Gasteiger partial charge in [-0.1, -0.05) is 27.2 Å². The molecule has 0 radical (unpaired) electrons. The largest absolute Gasteiger partial charge is 0.468 e. The standard InChI is InChI=1S/C15H23FN2O2/c1-5-10(3)14(15(19)20-4)18-12(6-2)13-8-7-11(16)9-17-13/h7-10,12,14,18H,5-6H2,1-4H3. The highest BCUT2D eigenvalue weighted by Gasteiger charge is 2.27. The number of pyridine rings is 1. The molecular weight excluding hydrogens is 259 g/mol. The van der Waals surface area contributed by atoms with Crippen LogP contribution in [-0.2, 0) is 9.53 Å². The van der Waals surface area contributed by atoms with Crippen LogP contribution in [0.4, 0.5) is 4.39 Å². The molecule has 1 heterocycles. The van der Waals surface area contributed by atoms with E-state index >= 15 is 0 Å². The Hall–Kier alpha value is -1.49. The van der Waals surface area contributed by atoms with Crippen LogP contribution < -0.4 is 5.32 Å². The van der Waals surface area contributed by atoms with E-state index in [-0.39, 0.29) is 29.8 Å². The Morgan fingerprint density at radius 3 is 2.55 bits per heavy atom. The van der Waals surface area contributed by atoms with Crippen LogP contribution in [-0.4, -0.2) is 24.1 Å². The van der Waals surface area contributed by atoms with Gasteiger partial charge in [-0.3, -0.25) is 15.1 Å². The van der Waals surface area contributed by atoms with Crippen LogP contribution in [0.1, 0.15) is 45.3 Å². The molecule has 0 spiro atoms. The Morgan fingerprint density at radius 1 is 1.40 bits per heavy atom. The third kappa shape index (κ3) is 4.27. The Balaban J connectivity index is 2.88. The minimum absolute atomic E-state index is 0.103. The van der Waals surface area contributed by atoms with Crippen LogP contribution in [0.2, 0.25) is 0 Å². The molecule has 0 saturated heterocycles. The minimum Gasteiger partial charge on any atom is -0.468 e. The van der Waals surface area contributed by atoms with E-state index in [4.69, 9.17) is 4.74 Å². The monoisotopic (exact) mass is 282 g/mol. The smallest absolute Gasteiger partial charge is 0.323 e. The first-order chi connectivity index (χ1) is 9.53. The summed E-state index contributed by atoms with van der Waals surface area (Å²) in [7, 11) is 1.39. The summed E-state index contributed by atoms with van der Waals surface area (Å²) in [4.78, 5) is 16.0. The highest BCUT2D eigenvalue weighted by molar-refractivity contribution is 5.76. The predicted molar refractivity (Wildman–Crippen MR) is 75.6 cm³/mol. The molecule has 1 aromatic heterocycles. The van der Waals surface area contributed by atoms with E-state index in [0.29, 0.717) is 0 Å². The minimum atomic E-state index is -0.387. The van der Waals surface area contributed by atoms with Crippen molar-refractivity contribution in [3.05, 3.63) is 29.8 Å². The van der Waals surface area contributed by atoms with Crippen molar-refractivity contribution in [3.63, 3.8) is 0 Å². The zero-order valence-electron chi connectivity index (χ0n) is 12.5. The highest BCUT2D eigenvalue weighted by Crippen LogP contribution is 2.19. The molecule has 0 bridgehead atoms. The fourth-order valence-electron chi connectivity index (χ4n) is 2.05. The second-order valence-corrected chi connectivity index (χ2v) is 4.92. The molecule has 0 amide bonds. The van der Waals surface area contributed by atoms with Crippen molar-refractivity contribution in [1.82, 2.24) is 10.3 Å². The molecular formula is C15H23FN2O2. The molecule has 0 fully saturated rings. The van der Waals surface area contributed by atoms with Gasteiger partial charge in [0.2, 0.25) is 0 Å². The number of hydrogen-bond acceptors (Lipinski definition) is 4. The zero-order chi connectivity index (χ0) is 15.1. The molecule has 20 heavy (non-hydrogen) atoms. The van der Waals surface area contributed by atoms with Crippen LogP contribution >= 0.6 is 0 Å². The SMILES string of the molecule is CCC(NC(C(=O)OC)C(C)CC)c1ccc(F)cn1. The topological polar surface area (TPSA) is 51.2 Å². The van der Waals surface area contributed by atoms with Crippen molar-refractivity contribution < 1.29 is 13.9 Å². The van der Waals surface area contributed by atoms with E-state index in [1.807, 2.05) is 20.8 Å². The number of nitrogens with one attached hydrogen (secondary N) is 1. The van der Waals surface area contributed by atoms with Crippen LogP contribution in [0, 0.1) is 11.7 Å². The average molecular weight is 282 g/mol. The molecule has 5 heteroatoms. The quantitative estimate of drug-likeness (QED) is 0.781. The number of carbonyl (C=O) groups is 1. The van der Waals surface area contributed by atoms with Gasteiger partial charge in [-0.25, -0.2) is 4.39 Å². The average Bonchev–Trinajstić information content (AvgIpc) is 2.48. The Morgan fingerprint density at radius 2 is 2.10 bits per heavy atom. The fraction of sp³-hybridized carbons (Fsp3) is 0.600. The first-order valence-electron chi connectivity index (χ1n) is 6.98. The van der Waals surface area contributed by atoms with E-state index in [2.05, 4.69) is 10.3 Å². The second kappa shape index (κ2) is 7.94. The van der Waals surface area contributed by atoms with Crippen LogP contribution in [0.3, 0.4) is 0 Å². The van der Waals surface area contributed by atoms with Gasteiger partial charge < -0.3 is 4.74 Å². The van der Waals surface area contributed by atoms with Crippen molar-refractivity contribution in [2.75, 3.05) is 7.11 Å². The second-order valence-electron chi connectivity index (χ2n) is 4.92. The number of carbonyl (C=O) groups excluding carboxylic acids is 1. The molecule has 1 N–H and O–H groups in total. The summed E-state index contributed by atoms with van der Waals surface area (Å²) >= 11 is 0. The molecule has 0 aliphatic rings. The van der Waals surface area contributed by atoms with Gasteiger partial charge in [0.05, 0.1) is 19.0 Å². The number of esters is 1. The van der Waals surface area contributed by atoms with Gasteiger partial charge in [-0.15, -0.1) is 0 Å². The molecule has 0 aliphatic carbocycles. The molecule has 0 aromatic carbocycles. The third-order valence-corrected chi connectivity index (χ3v) is 3.56. The lowest BCUT2D eigenvalue weighted by Gasteiger charge is -2.27. The number of ether oxygens (including phenoxy) is 1. The summed E-state index contributed by atoms with van der Waals surface area (Å²) in [6.45, 7) is 6.02. The lowest BCUT2D eigenvalue weighted by Crippen LogP contribution is -2.44. The lowest BCUT2D eigenvalue weighted by atomic mass is 9.97. The van der Waals surface area contributed by atoms with Crippen LogP contribution in [0.15, 0.2) is 18.3 Å². The number of halogens is 1. The maximum absolute atomic E-state index is 12.9. The summed E-state index contributed by atoms with van der Waals surface area (Å²) in [5.74, 6) is -0.494. The highest BCUT2D eigenvalue weighted by atomic mass is 19.1. The Bertz CT molecular complexity index is 422. The van der Waals surface area contributed by atoms with Gasteiger partial charge in [0.1, 0.15) is 11.9 Å². The maximum Gasteiger partial charge on any atom is 0.323 e. The Kier molecular flexibility index (Phi) is 6.58. The van der Waals surface area contributed by atoms with E-state index in [0.717, 1.165) is 18.5 Å². The molecule has 3 unspecified atom stereocenters. The van der Waals surface area contributed by atoms with E-state index in [1.165, 1.54) is 19.4 Å². The molecule has 0 aliphatic heterocycles. The molecule has 3 atom stereocenters. The summed E-state index contributed by atoms with van der Waals surface area (Å²) in [5, 5.41) is 3.28. The summed E-state index contributed by atoms with van der Waals surface area (Å²) in [6, 6.07) is 2.53. The predicted octanol–water partition coefficient (Wildman–Crippen LogP) is 2.85. The van der Waals surface area contributed by atoms with Gasteiger partial charge in [0.25, 0.3) is 0 Å². The first-order valence-corrected chi connectivity index (χ1v) is 6.98. The van der Waals surface area contributed by atoms with E-state index in [9.17, 15) is 9.18 Å². The van der Waals surface area contributed by atoms with Crippen molar-refractivity contribution >= 4 is 5.97 Å². The van der Waals surface area contributed by atoms with Crippen molar-refractivity contribution in [2.24, 2.45) is 5.92 Å². The summed E-state index contributed by atoms with van der Waals surface area (Å²) < 4.78 is 17.8. The molecule has 0 saturated carbocycles. The maximum atomic E-state index is 12.9. The number of aromatic nitrogens is 1. The molecule has 112 valence electrons. The normalized spacial score (nSPS) is 15.4. The third-order valence-electron chi connectivity index (χ3n) is 3.56. The molecule has 4 nitrogen and oxygen atoms in total. The van der Waals surface area contributed by atoms with Gasteiger partial charge in [0, 0.05) is 6.04 Å². The van der Waals surface area contributed by atoms with Gasteiger partial charge in [-0.05, 0) is 24.5 Å². The van der Waals surface area contributed by atoms with Gasteiger partial charge in [0.15, 0.2) is 0 Å². The van der Waals surface area contributed by atoms with Crippen molar-refractivity contribution in [2.45, 2.75) is 45.7 Å². The number of rotatable bonds is 7. The van der Waals surface area contributed by atoms with Gasteiger partial charge in [-0.2, -0.15) is 0 Å². The summed E-state index contributed by atoms with van der Waals surface area (Å²) in [6.07, 6.45) is 2.80. The van der Waals surface area contributed by atoms with Gasteiger partial charge >= 0.3 is 5.97 Å². The van der Waals surface area contributed by atoms with Crippen LogP contribution in [0.25, 0.3) is 0 Å². The number of nitrogens with zero attached hydrogens (tertiary/aromatic N) is 1. The number of hydrogen-bond donors (Lipinski definition) is 1. The summed E-state index contributed by atoms with van der Waals surface area (Å²) in [5.41, 5.74) is 0.728. The zero-order valence-corrected chi connectivity index (χ0v) is 12.5. The molecule has 1 rings (SSSR count). The van der Waals surface area contributed by atoms with Crippen molar-refractivity contribution in [1.29, 1.82) is 0 Å². The lowest BCUT2D eigenvalue weighted by molar-refractivity contribution is -0.144. The van der Waals surface area contributed by atoms with E-state index in [1.54, 1.807) is 6.07 Å². The first kappa shape index (κ1) is 16.6. The number of methoxy groups -OCH3 is 1. The van der Waals surface area contributed by atoms with Crippen molar-refractivity contribution in [3.8, 4) is 0 Å². The fourth-order valence-corrected chi connectivity index (χ4v) is 2.05. The molecule has 1 aromatic rings. The Labute approximate surface area is 119 Å².